The molecule has 3 heteroatoms. The largest absolute Gasteiger partial charge is 0.348 e. The van der Waals surface area contributed by atoms with Crippen LogP contribution in [-0.4, -0.2) is 11.8 Å². The number of rotatable bonds is 4. The second-order valence-corrected chi connectivity index (χ2v) is 4.10. The van der Waals surface area contributed by atoms with Crippen molar-refractivity contribution >= 4 is 17.5 Å². The lowest BCUT2D eigenvalue weighted by Crippen LogP contribution is -2.32. The van der Waals surface area contributed by atoms with Gasteiger partial charge in [0.05, 0.1) is 6.04 Å². The van der Waals surface area contributed by atoms with Crippen LogP contribution in [-0.2, 0) is 4.79 Å². The van der Waals surface area contributed by atoms with Crippen molar-refractivity contribution in [3.63, 3.8) is 0 Å². The van der Waals surface area contributed by atoms with Crippen LogP contribution in [0.3, 0.4) is 0 Å². The number of carbonyl (C=O) groups is 1. The number of hydrogen-bond donors (Lipinski definition) is 1. The summed E-state index contributed by atoms with van der Waals surface area (Å²) in [5.74, 6) is 0.231. The van der Waals surface area contributed by atoms with Crippen molar-refractivity contribution in [1.29, 1.82) is 0 Å². The van der Waals surface area contributed by atoms with Gasteiger partial charge < -0.3 is 5.32 Å². The molecule has 15 heavy (non-hydrogen) atoms. The van der Waals surface area contributed by atoms with E-state index in [0.29, 0.717) is 5.92 Å². The molecule has 1 aromatic rings. The average molecular weight is 226 g/mol. The molecule has 0 saturated carbocycles. The smallest absolute Gasteiger partial charge is 0.235 e. The van der Waals surface area contributed by atoms with Gasteiger partial charge in [-0.3, -0.25) is 4.79 Å². The number of nitrogens with one attached hydrogen (secondary N) is 1. The summed E-state index contributed by atoms with van der Waals surface area (Å²) < 4.78 is 0. The normalized spacial score (nSPS) is 12.5. The van der Waals surface area contributed by atoms with Gasteiger partial charge in [0.15, 0.2) is 0 Å². The molecule has 0 spiro atoms. The maximum absolute atomic E-state index is 11.3. The highest BCUT2D eigenvalue weighted by Crippen LogP contribution is 2.20. The third kappa shape index (κ3) is 3.56. The first-order valence-electron chi connectivity index (χ1n) is 5.05. The van der Waals surface area contributed by atoms with E-state index in [-0.39, 0.29) is 17.8 Å². The van der Waals surface area contributed by atoms with Gasteiger partial charge in [0.1, 0.15) is 5.88 Å². The van der Waals surface area contributed by atoms with Crippen LogP contribution in [0.5, 0.6) is 0 Å². The predicted octanol–water partition coefficient (Wildman–Crippen LogP) is 2.74. The van der Waals surface area contributed by atoms with Gasteiger partial charge in [-0.1, -0.05) is 44.2 Å². The predicted molar refractivity (Wildman–Crippen MR) is 62.9 cm³/mol. The first-order valence-corrected chi connectivity index (χ1v) is 5.59. The van der Waals surface area contributed by atoms with Crippen molar-refractivity contribution in [2.24, 2.45) is 5.92 Å². The molecule has 1 rings (SSSR count). The van der Waals surface area contributed by atoms with Crippen molar-refractivity contribution in [2.45, 2.75) is 19.9 Å². The zero-order valence-electron chi connectivity index (χ0n) is 9.03. The Kier molecular flexibility index (Phi) is 4.63. The molecule has 1 atom stereocenters. The Bertz CT molecular complexity index is 311. The van der Waals surface area contributed by atoms with E-state index in [1.165, 1.54) is 0 Å². The summed E-state index contributed by atoms with van der Waals surface area (Å²) in [6, 6.07) is 9.97. The third-order valence-corrected chi connectivity index (χ3v) is 2.51. The first kappa shape index (κ1) is 12.1. The molecule has 82 valence electrons. The molecule has 0 bridgehead atoms. The minimum absolute atomic E-state index is 0.00997. The maximum Gasteiger partial charge on any atom is 0.235 e. The first-order chi connectivity index (χ1) is 7.15. The van der Waals surface area contributed by atoms with Gasteiger partial charge in [-0.15, -0.1) is 11.6 Å². The Hall–Kier alpha value is -1.02. The molecular formula is C12H16ClNO. The highest BCUT2D eigenvalue weighted by Gasteiger charge is 2.17. The van der Waals surface area contributed by atoms with Crippen molar-refractivity contribution < 1.29 is 4.79 Å². The quantitative estimate of drug-likeness (QED) is 0.785. The van der Waals surface area contributed by atoms with Crippen LogP contribution in [0.15, 0.2) is 30.3 Å². The lowest BCUT2D eigenvalue weighted by atomic mass is 9.96. The molecule has 0 aliphatic carbocycles. The van der Waals surface area contributed by atoms with Crippen LogP contribution in [0.4, 0.5) is 0 Å². The Morgan fingerprint density at radius 2 is 1.93 bits per heavy atom. The fourth-order valence-electron chi connectivity index (χ4n) is 1.51. The lowest BCUT2D eigenvalue weighted by Gasteiger charge is -2.22. The minimum atomic E-state index is -0.126. The molecule has 0 radical (unpaired) electrons. The van der Waals surface area contributed by atoms with Crippen LogP contribution in [0, 0.1) is 5.92 Å². The number of carbonyl (C=O) groups excluding carboxylic acids is 1. The molecule has 0 saturated heterocycles. The highest BCUT2D eigenvalue weighted by atomic mass is 35.5. The summed E-state index contributed by atoms with van der Waals surface area (Å²) in [7, 11) is 0. The Morgan fingerprint density at radius 3 is 2.40 bits per heavy atom. The molecule has 0 heterocycles. The standard InChI is InChI=1S/C12H16ClNO/c1-9(2)12(14-11(15)8-13)10-6-4-3-5-7-10/h3-7,9,12H,8H2,1-2H3,(H,14,15)/t12-/m0/s1. The van der Waals surface area contributed by atoms with Gasteiger partial charge >= 0.3 is 0 Å². The summed E-state index contributed by atoms with van der Waals surface area (Å²) in [5, 5.41) is 2.91. The van der Waals surface area contributed by atoms with E-state index in [1.807, 2.05) is 30.3 Å². The zero-order valence-corrected chi connectivity index (χ0v) is 9.79. The molecule has 0 aromatic heterocycles. The van der Waals surface area contributed by atoms with E-state index < -0.39 is 0 Å². The fraction of sp³-hybridized carbons (Fsp3) is 0.417. The number of alkyl halides is 1. The van der Waals surface area contributed by atoms with E-state index in [4.69, 9.17) is 11.6 Å². The van der Waals surface area contributed by atoms with Gasteiger partial charge in [-0.2, -0.15) is 0 Å². The lowest BCUT2D eigenvalue weighted by molar-refractivity contribution is -0.119. The van der Waals surface area contributed by atoms with Crippen molar-refractivity contribution in [3.05, 3.63) is 35.9 Å². The van der Waals surface area contributed by atoms with Crippen molar-refractivity contribution in [3.8, 4) is 0 Å². The van der Waals surface area contributed by atoms with Gasteiger partial charge in [-0.05, 0) is 11.5 Å². The number of amides is 1. The molecule has 2 nitrogen and oxygen atoms in total. The highest BCUT2D eigenvalue weighted by molar-refractivity contribution is 6.27. The average Bonchev–Trinajstić information content (AvgIpc) is 2.26. The summed E-state index contributed by atoms with van der Waals surface area (Å²) in [5.41, 5.74) is 1.12. The summed E-state index contributed by atoms with van der Waals surface area (Å²) in [6.45, 7) is 4.15. The van der Waals surface area contributed by atoms with Crippen LogP contribution in [0.25, 0.3) is 0 Å². The fourth-order valence-corrected chi connectivity index (χ4v) is 1.58. The Labute approximate surface area is 95.6 Å². The van der Waals surface area contributed by atoms with Crippen molar-refractivity contribution in [1.82, 2.24) is 5.32 Å². The number of benzene rings is 1. The van der Waals surface area contributed by atoms with Gasteiger partial charge in [-0.25, -0.2) is 0 Å². The third-order valence-electron chi connectivity index (χ3n) is 2.26. The molecule has 1 amide bonds. The topological polar surface area (TPSA) is 29.1 Å². The van der Waals surface area contributed by atoms with Crippen LogP contribution in [0.2, 0.25) is 0 Å². The summed E-state index contributed by atoms with van der Waals surface area (Å²) in [6.07, 6.45) is 0. The molecule has 0 aliphatic rings. The zero-order chi connectivity index (χ0) is 11.3. The molecule has 0 unspecified atom stereocenters. The second-order valence-electron chi connectivity index (χ2n) is 3.83. The maximum atomic E-state index is 11.3. The van der Waals surface area contributed by atoms with Crippen LogP contribution in [0.1, 0.15) is 25.5 Å². The number of hydrogen-bond acceptors (Lipinski definition) is 1. The van der Waals surface area contributed by atoms with E-state index in [9.17, 15) is 4.79 Å². The molecule has 1 aromatic carbocycles. The minimum Gasteiger partial charge on any atom is -0.348 e. The molecular weight excluding hydrogens is 210 g/mol. The summed E-state index contributed by atoms with van der Waals surface area (Å²) >= 11 is 5.48. The SMILES string of the molecule is CC(C)[C@H](NC(=O)CCl)c1ccccc1. The van der Waals surface area contributed by atoms with E-state index in [0.717, 1.165) is 5.56 Å². The molecule has 0 fully saturated rings. The van der Waals surface area contributed by atoms with E-state index in [1.54, 1.807) is 0 Å². The number of halogens is 1. The molecule has 1 N–H and O–H groups in total. The Balaban J connectivity index is 2.79. The van der Waals surface area contributed by atoms with E-state index in [2.05, 4.69) is 19.2 Å². The van der Waals surface area contributed by atoms with E-state index >= 15 is 0 Å². The monoisotopic (exact) mass is 225 g/mol. The van der Waals surface area contributed by atoms with Gasteiger partial charge in [0, 0.05) is 0 Å². The second kappa shape index (κ2) is 5.76. The van der Waals surface area contributed by atoms with Gasteiger partial charge in [0.2, 0.25) is 5.91 Å². The van der Waals surface area contributed by atoms with Crippen LogP contribution < -0.4 is 5.32 Å². The van der Waals surface area contributed by atoms with Crippen LogP contribution >= 0.6 is 11.6 Å². The summed E-state index contributed by atoms with van der Waals surface area (Å²) in [4.78, 5) is 11.3. The van der Waals surface area contributed by atoms with Crippen molar-refractivity contribution in [2.75, 3.05) is 5.88 Å². The van der Waals surface area contributed by atoms with Gasteiger partial charge in [0.25, 0.3) is 0 Å². The Morgan fingerprint density at radius 1 is 1.33 bits per heavy atom. The molecule has 0 aliphatic heterocycles.